The average molecular weight is 417 g/mol. The van der Waals surface area contributed by atoms with Gasteiger partial charge in [0.2, 0.25) is 0 Å². The summed E-state index contributed by atoms with van der Waals surface area (Å²) in [5.41, 5.74) is 0.653. The van der Waals surface area contributed by atoms with E-state index in [2.05, 4.69) is 56.2 Å². The van der Waals surface area contributed by atoms with Gasteiger partial charge in [-0.3, -0.25) is 4.79 Å². The zero-order valence-corrected chi connectivity index (χ0v) is 15.2. The molecule has 5 heteroatoms. The number of thiophene rings is 1. The highest BCUT2D eigenvalue weighted by Crippen LogP contribution is 2.20. The number of aryl methyl sites for hydroxylation is 1. The molecule has 106 valence electrons. The molecule has 2 nitrogen and oxygen atoms in total. The second-order valence-corrected chi connectivity index (χ2v) is 7.95. The Labute approximate surface area is 139 Å². The summed E-state index contributed by atoms with van der Waals surface area (Å²) in [5, 5.41) is 3.03. The molecule has 1 unspecified atom stereocenters. The summed E-state index contributed by atoms with van der Waals surface area (Å²) < 4.78 is 1.78. The number of rotatable bonds is 4. The van der Waals surface area contributed by atoms with Crippen molar-refractivity contribution >= 4 is 49.1 Å². The third-order valence-electron chi connectivity index (χ3n) is 2.81. The molecule has 0 bridgehead atoms. The molecular formula is C15H15Br2NOS. The van der Waals surface area contributed by atoms with Gasteiger partial charge >= 0.3 is 0 Å². The summed E-state index contributed by atoms with van der Waals surface area (Å²) in [4.78, 5) is 14.8. The molecule has 20 heavy (non-hydrogen) atoms. The fraction of sp³-hybridized carbons (Fsp3) is 0.267. The molecule has 2 rings (SSSR count). The van der Waals surface area contributed by atoms with Crippen molar-refractivity contribution in [3.63, 3.8) is 0 Å². The molecule has 1 amide bonds. The van der Waals surface area contributed by atoms with Crippen LogP contribution in [0.5, 0.6) is 0 Å². The van der Waals surface area contributed by atoms with Gasteiger partial charge in [-0.2, -0.15) is 0 Å². The topological polar surface area (TPSA) is 29.1 Å². The van der Waals surface area contributed by atoms with Crippen molar-refractivity contribution in [2.75, 3.05) is 0 Å². The van der Waals surface area contributed by atoms with Crippen molar-refractivity contribution in [3.8, 4) is 0 Å². The van der Waals surface area contributed by atoms with Crippen LogP contribution in [0.25, 0.3) is 0 Å². The van der Waals surface area contributed by atoms with Crippen LogP contribution in [0, 0.1) is 6.92 Å². The Kier molecular flexibility index (Phi) is 5.41. The molecule has 0 aliphatic rings. The Morgan fingerprint density at radius 2 is 1.90 bits per heavy atom. The van der Waals surface area contributed by atoms with Crippen LogP contribution in [0.15, 0.2) is 39.3 Å². The predicted molar refractivity (Wildman–Crippen MR) is 91.5 cm³/mol. The minimum atomic E-state index is -0.0484. The SMILES string of the molecule is Cc1ccc(CC(C)NC(=O)c2cc(Br)cc(Br)c2)s1. The smallest absolute Gasteiger partial charge is 0.251 e. The monoisotopic (exact) mass is 415 g/mol. The molecule has 0 fully saturated rings. The van der Waals surface area contributed by atoms with E-state index in [9.17, 15) is 4.79 Å². The molecule has 0 spiro atoms. The average Bonchev–Trinajstić information content (AvgIpc) is 2.73. The highest BCUT2D eigenvalue weighted by atomic mass is 79.9. The number of nitrogens with one attached hydrogen (secondary N) is 1. The fourth-order valence-corrected chi connectivity index (χ4v) is 4.25. The Balaban J connectivity index is 2.00. The van der Waals surface area contributed by atoms with Crippen LogP contribution in [-0.4, -0.2) is 11.9 Å². The number of hydrogen-bond donors (Lipinski definition) is 1. The largest absolute Gasteiger partial charge is 0.349 e. The summed E-state index contributed by atoms with van der Waals surface area (Å²) in [5.74, 6) is -0.0484. The first-order chi connectivity index (χ1) is 9.44. The summed E-state index contributed by atoms with van der Waals surface area (Å²) >= 11 is 8.57. The Morgan fingerprint density at radius 3 is 2.45 bits per heavy atom. The van der Waals surface area contributed by atoms with Crippen LogP contribution in [0.3, 0.4) is 0 Å². The van der Waals surface area contributed by atoms with E-state index in [1.165, 1.54) is 9.75 Å². The molecule has 0 aliphatic carbocycles. The number of carbonyl (C=O) groups excluding carboxylic acids is 1. The second-order valence-electron chi connectivity index (χ2n) is 4.75. The molecule has 0 radical (unpaired) electrons. The number of carbonyl (C=O) groups is 1. The van der Waals surface area contributed by atoms with Crippen molar-refractivity contribution in [1.82, 2.24) is 5.32 Å². The Bertz CT molecular complexity index is 604. The predicted octanol–water partition coefficient (Wildman–Crippen LogP) is 4.94. The summed E-state index contributed by atoms with van der Waals surface area (Å²) in [6.07, 6.45) is 0.861. The van der Waals surface area contributed by atoms with Gasteiger partial charge in [0.25, 0.3) is 5.91 Å². The van der Waals surface area contributed by atoms with Gasteiger partial charge in [0.1, 0.15) is 0 Å². The standard InChI is InChI=1S/C15H15Br2NOS/c1-9(5-14-4-3-10(2)20-14)18-15(19)11-6-12(16)8-13(17)7-11/h3-4,6-9H,5H2,1-2H3,(H,18,19). The van der Waals surface area contributed by atoms with E-state index in [1.54, 1.807) is 11.3 Å². The van der Waals surface area contributed by atoms with Crippen molar-refractivity contribution in [2.45, 2.75) is 26.3 Å². The van der Waals surface area contributed by atoms with Gasteiger partial charge in [0.05, 0.1) is 0 Å². The molecule has 0 saturated heterocycles. The first kappa shape index (κ1) is 15.7. The molecular weight excluding hydrogens is 402 g/mol. The normalized spacial score (nSPS) is 12.2. The van der Waals surface area contributed by atoms with Crippen LogP contribution in [0.2, 0.25) is 0 Å². The first-order valence-corrected chi connectivity index (χ1v) is 8.66. The van der Waals surface area contributed by atoms with Gasteiger partial charge in [-0.1, -0.05) is 31.9 Å². The minimum absolute atomic E-state index is 0.0484. The van der Waals surface area contributed by atoms with E-state index in [4.69, 9.17) is 0 Å². The number of hydrogen-bond acceptors (Lipinski definition) is 2. The maximum absolute atomic E-state index is 12.2. The van der Waals surface area contributed by atoms with Gasteiger partial charge in [-0.05, 0) is 44.2 Å². The van der Waals surface area contributed by atoms with Crippen LogP contribution in [-0.2, 0) is 6.42 Å². The zero-order valence-electron chi connectivity index (χ0n) is 11.2. The molecule has 1 aromatic heterocycles. The van der Waals surface area contributed by atoms with Gasteiger partial charge in [-0.25, -0.2) is 0 Å². The number of amides is 1. The maximum atomic E-state index is 12.2. The van der Waals surface area contributed by atoms with E-state index >= 15 is 0 Å². The summed E-state index contributed by atoms with van der Waals surface area (Å²) in [7, 11) is 0. The zero-order chi connectivity index (χ0) is 14.7. The second kappa shape index (κ2) is 6.87. The van der Waals surface area contributed by atoms with Crippen LogP contribution < -0.4 is 5.32 Å². The van der Waals surface area contributed by atoms with E-state index in [-0.39, 0.29) is 11.9 Å². The first-order valence-electron chi connectivity index (χ1n) is 6.26. The molecule has 1 N–H and O–H groups in total. The van der Waals surface area contributed by atoms with Crippen molar-refractivity contribution < 1.29 is 4.79 Å². The van der Waals surface area contributed by atoms with E-state index in [0.29, 0.717) is 5.56 Å². The van der Waals surface area contributed by atoms with Gasteiger partial charge in [-0.15, -0.1) is 11.3 Å². The molecule has 0 aliphatic heterocycles. The lowest BCUT2D eigenvalue weighted by Gasteiger charge is -2.13. The quantitative estimate of drug-likeness (QED) is 0.750. The minimum Gasteiger partial charge on any atom is -0.349 e. The summed E-state index contributed by atoms with van der Waals surface area (Å²) in [6.45, 7) is 4.12. The van der Waals surface area contributed by atoms with Crippen molar-refractivity contribution in [3.05, 3.63) is 54.6 Å². The van der Waals surface area contributed by atoms with E-state index < -0.39 is 0 Å². The van der Waals surface area contributed by atoms with Crippen molar-refractivity contribution in [1.29, 1.82) is 0 Å². The molecule has 1 heterocycles. The Hall–Kier alpha value is -0.650. The Morgan fingerprint density at radius 1 is 1.25 bits per heavy atom. The van der Waals surface area contributed by atoms with Gasteiger partial charge in [0, 0.05) is 36.7 Å². The third-order valence-corrected chi connectivity index (χ3v) is 4.74. The lowest BCUT2D eigenvalue weighted by Crippen LogP contribution is -2.33. The number of benzene rings is 1. The van der Waals surface area contributed by atoms with E-state index in [0.717, 1.165) is 15.4 Å². The van der Waals surface area contributed by atoms with Gasteiger partial charge < -0.3 is 5.32 Å². The van der Waals surface area contributed by atoms with Crippen LogP contribution in [0.1, 0.15) is 27.0 Å². The highest BCUT2D eigenvalue weighted by molar-refractivity contribution is 9.11. The number of halogens is 2. The van der Waals surface area contributed by atoms with Gasteiger partial charge in [0.15, 0.2) is 0 Å². The molecule has 1 atom stereocenters. The molecule has 0 saturated carbocycles. The lowest BCUT2D eigenvalue weighted by atomic mass is 10.1. The third kappa shape index (κ3) is 4.43. The maximum Gasteiger partial charge on any atom is 0.251 e. The van der Waals surface area contributed by atoms with Crippen molar-refractivity contribution in [2.24, 2.45) is 0 Å². The fourth-order valence-electron chi connectivity index (χ4n) is 1.94. The molecule has 2 aromatic rings. The van der Waals surface area contributed by atoms with Crippen LogP contribution >= 0.6 is 43.2 Å². The highest BCUT2D eigenvalue weighted by Gasteiger charge is 2.12. The molecule has 1 aromatic carbocycles. The van der Waals surface area contributed by atoms with Crippen LogP contribution in [0.4, 0.5) is 0 Å². The van der Waals surface area contributed by atoms with E-state index in [1.807, 2.05) is 25.1 Å². The lowest BCUT2D eigenvalue weighted by molar-refractivity contribution is 0.0940. The summed E-state index contributed by atoms with van der Waals surface area (Å²) in [6, 6.07) is 9.90.